The number of hydrogen-bond donors (Lipinski definition) is 1. The van der Waals surface area contributed by atoms with Crippen molar-refractivity contribution in [1.29, 1.82) is 0 Å². The molecule has 0 aliphatic heterocycles. The highest BCUT2D eigenvalue weighted by Crippen LogP contribution is 2.18. The van der Waals surface area contributed by atoms with Crippen LogP contribution < -0.4 is 5.14 Å². The van der Waals surface area contributed by atoms with E-state index in [2.05, 4.69) is 0 Å². The van der Waals surface area contributed by atoms with Gasteiger partial charge in [0, 0.05) is 5.56 Å². The molecule has 0 aliphatic rings. The first-order valence-corrected chi connectivity index (χ1v) is 6.57. The van der Waals surface area contributed by atoms with Crippen molar-refractivity contribution in [2.75, 3.05) is 0 Å². The Morgan fingerprint density at radius 2 is 2.00 bits per heavy atom. The average Bonchev–Trinajstić information content (AvgIpc) is 2.16. The third-order valence-corrected chi connectivity index (χ3v) is 3.29. The molecule has 0 fully saturated rings. The van der Waals surface area contributed by atoms with E-state index < -0.39 is 10.0 Å². The van der Waals surface area contributed by atoms with Crippen LogP contribution in [-0.2, 0) is 16.4 Å². The first kappa shape index (κ1) is 12.9. The predicted molar refractivity (Wildman–Crippen MR) is 61.8 cm³/mol. The molecule has 0 atom stereocenters. The maximum Gasteiger partial charge on any atom is 0.238 e. The summed E-state index contributed by atoms with van der Waals surface area (Å²) in [6.07, 6.45) is 1.45. The van der Waals surface area contributed by atoms with E-state index in [-0.39, 0.29) is 10.7 Å². The highest BCUT2D eigenvalue weighted by atomic mass is 32.2. The van der Waals surface area contributed by atoms with Gasteiger partial charge in [0.25, 0.3) is 0 Å². The molecule has 1 rings (SSSR count). The standard InChI is InChI=1S/C11H15NO3S/c1-3-4-9-5-6-10(8(2)13)7-11(9)16(12,14)15/h5-7H,3-4H2,1-2H3,(H2,12,14,15). The third-order valence-electron chi connectivity index (χ3n) is 2.30. The first-order valence-electron chi connectivity index (χ1n) is 5.03. The van der Waals surface area contributed by atoms with Crippen LogP contribution in [0.15, 0.2) is 23.1 Å². The Labute approximate surface area is 95.5 Å². The number of ketones is 1. The number of sulfonamides is 1. The second-order valence-electron chi connectivity index (χ2n) is 3.67. The van der Waals surface area contributed by atoms with Crippen molar-refractivity contribution < 1.29 is 13.2 Å². The van der Waals surface area contributed by atoms with Gasteiger partial charge in [-0.1, -0.05) is 25.5 Å². The van der Waals surface area contributed by atoms with Crippen LogP contribution >= 0.6 is 0 Å². The molecule has 0 aromatic heterocycles. The van der Waals surface area contributed by atoms with Crippen molar-refractivity contribution in [2.45, 2.75) is 31.6 Å². The van der Waals surface area contributed by atoms with E-state index in [1.165, 1.54) is 13.0 Å². The minimum Gasteiger partial charge on any atom is -0.295 e. The third kappa shape index (κ3) is 2.90. The quantitative estimate of drug-likeness (QED) is 0.811. The van der Waals surface area contributed by atoms with E-state index in [1.807, 2.05) is 6.92 Å². The van der Waals surface area contributed by atoms with Crippen molar-refractivity contribution in [3.05, 3.63) is 29.3 Å². The van der Waals surface area contributed by atoms with E-state index in [0.29, 0.717) is 17.5 Å². The molecule has 0 saturated carbocycles. The van der Waals surface area contributed by atoms with Gasteiger partial charge in [0.2, 0.25) is 10.0 Å². The van der Waals surface area contributed by atoms with E-state index in [0.717, 1.165) is 6.42 Å². The number of rotatable bonds is 4. The van der Waals surface area contributed by atoms with E-state index >= 15 is 0 Å². The van der Waals surface area contributed by atoms with E-state index in [1.54, 1.807) is 12.1 Å². The van der Waals surface area contributed by atoms with Crippen LogP contribution in [0.1, 0.15) is 36.2 Å². The summed E-state index contributed by atoms with van der Waals surface area (Å²) in [5.41, 5.74) is 1.03. The van der Waals surface area contributed by atoms with Gasteiger partial charge in [0.15, 0.2) is 5.78 Å². The van der Waals surface area contributed by atoms with Crippen LogP contribution in [-0.4, -0.2) is 14.2 Å². The molecule has 0 radical (unpaired) electrons. The lowest BCUT2D eigenvalue weighted by atomic mass is 10.1. The van der Waals surface area contributed by atoms with Gasteiger partial charge >= 0.3 is 0 Å². The molecule has 0 amide bonds. The molecule has 1 aromatic rings. The number of primary sulfonamides is 1. The van der Waals surface area contributed by atoms with Gasteiger partial charge in [0.1, 0.15) is 0 Å². The molecular weight excluding hydrogens is 226 g/mol. The van der Waals surface area contributed by atoms with Crippen molar-refractivity contribution in [3.63, 3.8) is 0 Å². The number of carbonyl (C=O) groups is 1. The van der Waals surface area contributed by atoms with Gasteiger partial charge in [-0.15, -0.1) is 0 Å². The fourth-order valence-electron chi connectivity index (χ4n) is 1.51. The van der Waals surface area contributed by atoms with Gasteiger partial charge in [-0.3, -0.25) is 4.79 Å². The number of nitrogens with two attached hydrogens (primary N) is 1. The molecule has 1 aromatic carbocycles. The van der Waals surface area contributed by atoms with Crippen LogP contribution in [0.3, 0.4) is 0 Å². The summed E-state index contributed by atoms with van der Waals surface area (Å²) in [4.78, 5) is 11.2. The Bertz CT molecular complexity index is 506. The Hall–Kier alpha value is -1.20. The van der Waals surface area contributed by atoms with Crippen LogP contribution in [0, 0.1) is 0 Å². The smallest absolute Gasteiger partial charge is 0.238 e. The minimum atomic E-state index is -3.76. The first-order chi connectivity index (χ1) is 7.36. The van der Waals surface area contributed by atoms with Crippen LogP contribution in [0.4, 0.5) is 0 Å². The summed E-state index contributed by atoms with van der Waals surface area (Å²) in [5.74, 6) is -0.173. The Morgan fingerprint density at radius 3 is 2.44 bits per heavy atom. The SMILES string of the molecule is CCCc1ccc(C(C)=O)cc1S(N)(=O)=O. The van der Waals surface area contributed by atoms with Crippen molar-refractivity contribution in [1.82, 2.24) is 0 Å². The second-order valence-corrected chi connectivity index (χ2v) is 5.20. The van der Waals surface area contributed by atoms with Gasteiger partial charge < -0.3 is 0 Å². The molecule has 0 bridgehead atoms. The summed E-state index contributed by atoms with van der Waals surface area (Å²) in [6, 6.07) is 4.63. The maximum atomic E-state index is 11.4. The van der Waals surface area contributed by atoms with Crippen molar-refractivity contribution >= 4 is 15.8 Å². The molecule has 4 nitrogen and oxygen atoms in total. The maximum absolute atomic E-state index is 11.4. The highest BCUT2D eigenvalue weighted by Gasteiger charge is 2.15. The summed E-state index contributed by atoms with van der Waals surface area (Å²) >= 11 is 0. The topological polar surface area (TPSA) is 77.2 Å². The summed E-state index contributed by atoms with van der Waals surface area (Å²) in [7, 11) is -3.76. The van der Waals surface area contributed by atoms with Crippen molar-refractivity contribution in [2.24, 2.45) is 5.14 Å². The molecule has 88 valence electrons. The lowest BCUT2D eigenvalue weighted by molar-refractivity contribution is 0.101. The van der Waals surface area contributed by atoms with Gasteiger partial charge in [0.05, 0.1) is 4.90 Å². The minimum absolute atomic E-state index is 0.0575. The van der Waals surface area contributed by atoms with Crippen LogP contribution in [0.2, 0.25) is 0 Å². The summed E-state index contributed by atoms with van der Waals surface area (Å²) in [5, 5.41) is 5.12. The van der Waals surface area contributed by atoms with Crippen molar-refractivity contribution in [3.8, 4) is 0 Å². The largest absolute Gasteiger partial charge is 0.295 e. The lowest BCUT2D eigenvalue weighted by Gasteiger charge is -2.08. The normalized spacial score (nSPS) is 11.4. The zero-order chi connectivity index (χ0) is 12.3. The number of aryl methyl sites for hydroxylation is 1. The van der Waals surface area contributed by atoms with E-state index in [9.17, 15) is 13.2 Å². The molecule has 5 heteroatoms. The van der Waals surface area contributed by atoms with Gasteiger partial charge in [-0.25, -0.2) is 13.6 Å². The summed E-state index contributed by atoms with van der Waals surface area (Å²) < 4.78 is 22.7. The van der Waals surface area contributed by atoms with Gasteiger partial charge in [-0.05, 0) is 25.0 Å². The number of benzene rings is 1. The summed E-state index contributed by atoms with van der Waals surface area (Å²) in [6.45, 7) is 3.34. The highest BCUT2D eigenvalue weighted by molar-refractivity contribution is 7.89. The molecule has 0 spiro atoms. The molecule has 0 aliphatic carbocycles. The Morgan fingerprint density at radius 1 is 1.38 bits per heavy atom. The fourth-order valence-corrected chi connectivity index (χ4v) is 2.34. The predicted octanol–water partition coefficient (Wildman–Crippen LogP) is 1.49. The zero-order valence-electron chi connectivity index (χ0n) is 9.36. The van der Waals surface area contributed by atoms with E-state index in [4.69, 9.17) is 5.14 Å². The van der Waals surface area contributed by atoms with Crippen LogP contribution in [0.5, 0.6) is 0 Å². The fraction of sp³-hybridized carbons (Fsp3) is 0.364. The molecular formula is C11H15NO3S. The number of hydrogen-bond acceptors (Lipinski definition) is 3. The monoisotopic (exact) mass is 241 g/mol. The number of carbonyl (C=O) groups excluding carboxylic acids is 1. The van der Waals surface area contributed by atoms with Gasteiger partial charge in [-0.2, -0.15) is 0 Å². The molecule has 0 heterocycles. The molecule has 2 N–H and O–H groups in total. The number of Topliss-reactive ketones (excluding diaryl/α,β-unsaturated/α-hetero) is 1. The molecule has 0 unspecified atom stereocenters. The average molecular weight is 241 g/mol. The second kappa shape index (κ2) is 4.76. The zero-order valence-corrected chi connectivity index (χ0v) is 10.2. The Kier molecular flexibility index (Phi) is 3.83. The molecule has 0 saturated heterocycles. The van der Waals surface area contributed by atoms with Crippen LogP contribution in [0.25, 0.3) is 0 Å². The Balaban J connectivity index is 3.39. The lowest BCUT2D eigenvalue weighted by Crippen LogP contribution is -2.15. The molecule has 16 heavy (non-hydrogen) atoms.